The van der Waals surface area contributed by atoms with Crippen LogP contribution in [-0.2, 0) is 4.79 Å². The zero-order valence-corrected chi connectivity index (χ0v) is 13.2. The van der Waals surface area contributed by atoms with Gasteiger partial charge < -0.3 is 15.5 Å². The van der Waals surface area contributed by atoms with Crippen LogP contribution in [0.5, 0.6) is 0 Å². The quantitative estimate of drug-likeness (QED) is 0.780. The first-order valence-corrected chi connectivity index (χ1v) is 8.42. The Labute approximate surface area is 123 Å². The van der Waals surface area contributed by atoms with Gasteiger partial charge in [-0.05, 0) is 57.7 Å². The van der Waals surface area contributed by atoms with E-state index in [0.29, 0.717) is 0 Å². The summed E-state index contributed by atoms with van der Waals surface area (Å²) in [5.74, 6) is 1.10. The monoisotopic (exact) mass is 281 g/mol. The first-order valence-electron chi connectivity index (χ1n) is 8.42. The number of likely N-dealkylation sites (tertiary alicyclic amines) is 1. The molecule has 1 amide bonds. The van der Waals surface area contributed by atoms with E-state index in [1.165, 1.54) is 25.9 Å². The molecule has 2 fully saturated rings. The van der Waals surface area contributed by atoms with Gasteiger partial charge in [-0.25, -0.2) is 0 Å². The Bertz CT molecular complexity index is 305. The Morgan fingerprint density at radius 1 is 1.40 bits per heavy atom. The average molecular weight is 281 g/mol. The molecule has 4 heteroatoms. The van der Waals surface area contributed by atoms with E-state index in [4.69, 9.17) is 0 Å². The van der Waals surface area contributed by atoms with Crippen molar-refractivity contribution in [2.75, 3.05) is 32.7 Å². The summed E-state index contributed by atoms with van der Waals surface area (Å²) in [6, 6.07) is 0. The van der Waals surface area contributed by atoms with Crippen molar-refractivity contribution in [2.24, 2.45) is 5.92 Å². The smallest absolute Gasteiger partial charge is 0.240 e. The third kappa shape index (κ3) is 3.95. The average Bonchev–Trinajstić information content (AvgIpc) is 2.91. The van der Waals surface area contributed by atoms with E-state index in [2.05, 4.69) is 29.4 Å². The standard InChI is InChI=1S/C16H31N3O/c1-3-7-16(8-4-9-18-16)15(20)17-10-13-19-11-5-14(2)6-12-19/h14,18H,3-13H2,1-2H3,(H,17,20). The van der Waals surface area contributed by atoms with Gasteiger partial charge in [-0.15, -0.1) is 0 Å². The Kier molecular flexibility index (Phi) is 5.85. The SMILES string of the molecule is CCCC1(C(=O)NCCN2CCC(C)CC2)CCCN1. The second kappa shape index (κ2) is 7.41. The number of nitrogens with zero attached hydrogens (tertiary/aromatic N) is 1. The Balaban J connectivity index is 1.71. The van der Waals surface area contributed by atoms with Crippen LogP contribution in [0.15, 0.2) is 0 Å². The summed E-state index contributed by atoms with van der Waals surface area (Å²) >= 11 is 0. The van der Waals surface area contributed by atoms with E-state index in [1.54, 1.807) is 0 Å². The van der Waals surface area contributed by atoms with E-state index < -0.39 is 0 Å². The molecule has 2 heterocycles. The minimum absolute atomic E-state index is 0.224. The van der Waals surface area contributed by atoms with E-state index in [1.807, 2.05) is 0 Å². The molecule has 0 spiro atoms. The van der Waals surface area contributed by atoms with Crippen molar-refractivity contribution < 1.29 is 4.79 Å². The third-order valence-electron chi connectivity index (χ3n) is 4.94. The van der Waals surface area contributed by atoms with Crippen LogP contribution in [-0.4, -0.2) is 49.1 Å². The van der Waals surface area contributed by atoms with E-state index in [9.17, 15) is 4.79 Å². The molecule has 0 aromatic heterocycles. The topological polar surface area (TPSA) is 44.4 Å². The van der Waals surface area contributed by atoms with Gasteiger partial charge in [0.15, 0.2) is 0 Å². The first kappa shape index (κ1) is 15.8. The molecule has 2 N–H and O–H groups in total. The normalized spacial score (nSPS) is 28.7. The predicted molar refractivity (Wildman–Crippen MR) is 82.7 cm³/mol. The van der Waals surface area contributed by atoms with Gasteiger partial charge in [0, 0.05) is 13.1 Å². The molecular weight excluding hydrogens is 250 g/mol. The van der Waals surface area contributed by atoms with Gasteiger partial charge in [0.2, 0.25) is 5.91 Å². The lowest BCUT2D eigenvalue weighted by Crippen LogP contribution is -2.54. The molecule has 1 unspecified atom stereocenters. The van der Waals surface area contributed by atoms with Crippen molar-refractivity contribution in [2.45, 2.75) is 57.9 Å². The van der Waals surface area contributed by atoms with E-state index >= 15 is 0 Å². The van der Waals surface area contributed by atoms with E-state index in [0.717, 1.165) is 51.2 Å². The maximum Gasteiger partial charge on any atom is 0.240 e. The van der Waals surface area contributed by atoms with Crippen molar-refractivity contribution >= 4 is 5.91 Å². The second-order valence-electron chi connectivity index (χ2n) is 6.64. The van der Waals surface area contributed by atoms with E-state index in [-0.39, 0.29) is 11.4 Å². The molecule has 0 bridgehead atoms. The molecule has 0 aromatic carbocycles. The van der Waals surface area contributed by atoms with Crippen LogP contribution in [0.1, 0.15) is 52.4 Å². The molecule has 0 radical (unpaired) electrons. The van der Waals surface area contributed by atoms with Gasteiger partial charge in [0.1, 0.15) is 0 Å². The van der Waals surface area contributed by atoms with Crippen LogP contribution < -0.4 is 10.6 Å². The number of amides is 1. The molecule has 20 heavy (non-hydrogen) atoms. The van der Waals surface area contributed by atoms with Gasteiger partial charge in [-0.2, -0.15) is 0 Å². The van der Waals surface area contributed by atoms with Crippen LogP contribution >= 0.6 is 0 Å². The van der Waals surface area contributed by atoms with Crippen LogP contribution in [0, 0.1) is 5.92 Å². The zero-order chi connectivity index (χ0) is 14.4. The molecule has 2 saturated heterocycles. The summed E-state index contributed by atoms with van der Waals surface area (Å²) in [5, 5.41) is 6.61. The van der Waals surface area contributed by atoms with Crippen molar-refractivity contribution in [3.05, 3.63) is 0 Å². The highest BCUT2D eigenvalue weighted by Crippen LogP contribution is 2.24. The van der Waals surface area contributed by atoms with Gasteiger partial charge in [-0.1, -0.05) is 20.3 Å². The van der Waals surface area contributed by atoms with Gasteiger partial charge >= 0.3 is 0 Å². The third-order valence-corrected chi connectivity index (χ3v) is 4.94. The first-order chi connectivity index (χ1) is 9.66. The fourth-order valence-corrected chi connectivity index (χ4v) is 3.54. The van der Waals surface area contributed by atoms with Crippen molar-refractivity contribution in [3.63, 3.8) is 0 Å². The highest BCUT2D eigenvalue weighted by Gasteiger charge is 2.39. The van der Waals surface area contributed by atoms with Crippen LogP contribution in [0.3, 0.4) is 0 Å². The number of hydrogen-bond acceptors (Lipinski definition) is 3. The Morgan fingerprint density at radius 3 is 2.75 bits per heavy atom. The second-order valence-corrected chi connectivity index (χ2v) is 6.64. The molecule has 2 aliphatic rings. The summed E-state index contributed by atoms with van der Waals surface area (Å²) in [4.78, 5) is 14.9. The summed E-state index contributed by atoms with van der Waals surface area (Å²) in [6.45, 7) is 9.65. The number of piperidine rings is 1. The van der Waals surface area contributed by atoms with Gasteiger partial charge in [0.05, 0.1) is 5.54 Å². The van der Waals surface area contributed by atoms with Crippen molar-refractivity contribution in [3.8, 4) is 0 Å². The molecule has 116 valence electrons. The van der Waals surface area contributed by atoms with Crippen LogP contribution in [0.2, 0.25) is 0 Å². The fourth-order valence-electron chi connectivity index (χ4n) is 3.54. The molecule has 0 saturated carbocycles. The highest BCUT2D eigenvalue weighted by atomic mass is 16.2. The molecule has 2 rings (SSSR count). The maximum absolute atomic E-state index is 12.5. The lowest BCUT2D eigenvalue weighted by Gasteiger charge is -2.31. The van der Waals surface area contributed by atoms with Gasteiger partial charge in [-0.3, -0.25) is 4.79 Å². The van der Waals surface area contributed by atoms with Crippen LogP contribution in [0.4, 0.5) is 0 Å². The number of hydrogen-bond donors (Lipinski definition) is 2. The number of rotatable bonds is 6. The predicted octanol–water partition coefficient (Wildman–Crippen LogP) is 1.76. The number of nitrogens with one attached hydrogen (secondary N) is 2. The molecule has 4 nitrogen and oxygen atoms in total. The van der Waals surface area contributed by atoms with Crippen LogP contribution in [0.25, 0.3) is 0 Å². The Hall–Kier alpha value is -0.610. The highest BCUT2D eigenvalue weighted by molar-refractivity contribution is 5.86. The molecule has 0 aliphatic carbocycles. The molecular formula is C16H31N3O. The Morgan fingerprint density at radius 2 is 2.15 bits per heavy atom. The summed E-state index contributed by atoms with van der Waals surface area (Å²) in [7, 11) is 0. The number of carbonyl (C=O) groups excluding carboxylic acids is 1. The molecule has 2 aliphatic heterocycles. The minimum Gasteiger partial charge on any atom is -0.353 e. The maximum atomic E-state index is 12.5. The molecule has 1 atom stereocenters. The summed E-state index contributed by atoms with van der Waals surface area (Å²) < 4.78 is 0. The lowest BCUT2D eigenvalue weighted by molar-refractivity contribution is -0.127. The zero-order valence-electron chi connectivity index (χ0n) is 13.2. The fraction of sp³-hybridized carbons (Fsp3) is 0.938. The minimum atomic E-state index is -0.273. The summed E-state index contributed by atoms with van der Waals surface area (Å²) in [6.07, 6.45) is 6.74. The van der Waals surface area contributed by atoms with Crippen molar-refractivity contribution in [1.29, 1.82) is 0 Å². The summed E-state index contributed by atoms with van der Waals surface area (Å²) in [5.41, 5.74) is -0.273. The largest absolute Gasteiger partial charge is 0.353 e. The van der Waals surface area contributed by atoms with Crippen molar-refractivity contribution in [1.82, 2.24) is 15.5 Å². The van der Waals surface area contributed by atoms with Gasteiger partial charge in [0.25, 0.3) is 0 Å². The number of carbonyl (C=O) groups is 1. The lowest BCUT2D eigenvalue weighted by atomic mass is 9.91. The molecule has 0 aromatic rings.